The Morgan fingerprint density at radius 1 is 1.12 bits per heavy atom. The Hall–Kier alpha value is -2.33. The molecule has 4 heteroatoms. The maximum atomic E-state index is 12.9. The maximum Gasteiger partial charge on any atom is 0.266 e. The molecule has 2 aromatic rings. The second kappa shape index (κ2) is 7.97. The lowest BCUT2D eigenvalue weighted by Crippen LogP contribution is -2.48. The molecule has 1 amide bonds. The molecular weight excluding hydrogens is 300 g/mol. The molecule has 0 bridgehead atoms. The van der Waals surface area contributed by atoms with Gasteiger partial charge >= 0.3 is 0 Å². The molecule has 3 rings (SSSR count). The van der Waals surface area contributed by atoms with Crippen LogP contribution in [0.25, 0.3) is 0 Å². The van der Waals surface area contributed by atoms with E-state index < -0.39 is 6.10 Å². The van der Waals surface area contributed by atoms with Gasteiger partial charge in [-0.1, -0.05) is 48.5 Å². The number of ether oxygens (including phenoxy) is 1. The Bertz CT molecular complexity index is 645. The fourth-order valence-corrected chi connectivity index (χ4v) is 3.08. The zero-order valence-corrected chi connectivity index (χ0v) is 13.9. The number of hydrogen-bond acceptors (Lipinski definition) is 3. The Balaban J connectivity index is 1.75. The number of carbonyl (C=O) groups is 1. The maximum absolute atomic E-state index is 12.9. The highest BCUT2D eigenvalue weighted by Gasteiger charge is 2.27. The van der Waals surface area contributed by atoms with Crippen LogP contribution in [0, 0.1) is 0 Å². The van der Waals surface area contributed by atoms with Gasteiger partial charge in [-0.15, -0.1) is 0 Å². The third kappa shape index (κ3) is 4.36. The van der Waals surface area contributed by atoms with Crippen molar-refractivity contribution in [3.8, 4) is 5.75 Å². The van der Waals surface area contributed by atoms with Crippen LogP contribution in [0.1, 0.15) is 31.4 Å². The number of nitrogens with one attached hydrogen (secondary N) is 2. The molecule has 1 aliphatic heterocycles. The van der Waals surface area contributed by atoms with Gasteiger partial charge in [0, 0.05) is 17.6 Å². The van der Waals surface area contributed by atoms with Gasteiger partial charge in [0.05, 0.1) is 0 Å². The highest BCUT2D eigenvalue weighted by atomic mass is 16.5. The molecule has 4 nitrogen and oxygen atoms in total. The van der Waals surface area contributed by atoms with Crippen LogP contribution in [0.2, 0.25) is 0 Å². The number of rotatable bonds is 5. The SMILES string of the molecule is CC1CC(NC(=O)C(Oc2ccccc2)c2ccccc2)CCN1. The van der Waals surface area contributed by atoms with Crippen LogP contribution in [0.15, 0.2) is 60.7 Å². The summed E-state index contributed by atoms with van der Waals surface area (Å²) < 4.78 is 6.00. The van der Waals surface area contributed by atoms with Crippen LogP contribution in [0.4, 0.5) is 0 Å². The van der Waals surface area contributed by atoms with Gasteiger partial charge in [0.25, 0.3) is 5.91 Å². The van der Waals surface area contributed by atoms with Crippen molar-refractivity contribution >= 4 is 5.91 Å². The van der Waals surface area contributed by atoms with Crippen molar-refractivity contribution in [2.24, 2.45) is 0 Å². The lowest BCUT2D eigenvalue weighted by molar-refractivity contribution is -0.129. The van der Waals surface area contributed by atoms with Gasteiger partial charge in [0.1, 0.15) is 5.75 Å². The molecule has 2 N–H and O–H groups in total. The molecule has 1 fully saturated rings. The third-order valence-electron chi connectivity index (χ3n) is 4.31. The normalized spacial score (nSPS) is 21.7. The van der Waals surface area contributed by atoms with Gasteiger partial charge in [-0.2, -0.15) is 0 Å². The van der Waals surface area contributed by atoms with Crippen LogP contribution >= 0.6 is 0 Å². The molecule has 2 aromatic carbocycles. The molecule has 0 aliphatic carbocycles. The van der Waals surface area contributed by atoms with E-state index in [1.807, 2.05) is 60.7 Å². The highest BCUT2D eigenvalue weighted by molar-refractivity contribution is 5.82. The molecule has 3 unspecified atom stereocenters. The van der Waals surface area contributed by atoms with E-state index in [9.17, 15) is 4.79 Å². The van der Waals surface area contributed by atoms with Gasteiger partial charge in [0.2, 0.25) is 6.10 Å². The molecule has 0 aromatic heterocycles. The summed E-state index contributed by atoms with van der Waals surface area (Å²) in [7, 11) is 0. The Labute approximate surface area is 143 Å². The number of piperidine rings is 1. The summed E-state index contributed by atoms with van der Waals surface area (Å²) in [6.07, 6.45) is 1.25. The van der Waals surface area contributed by atoms with Gasteiger partial charge in [-0.05, 0) is 38.4 Å². The summed E-state index contributed by atoms with van der Waals surface area (Å²) in [5.74, 6) is 0.615. The first-order valence-corrected chi connectivity index (χ1v) is 8.53. The number of hydrogen-bond donors (Lipinski definition) is 2. The molecule has 1 saturated heterocycles. The van der Waals surface area contributed by atoms with E-state index in [0.29, 0.717) is 11.8 Å². The summed E-state index contributed by atoms with van der Waals surface area (Å²) in [4.78, 5) is 12.9. The summed E-state index contributed by atoms with van der Waals surface area (Å²) in [5.41, 5.74) is 0.862. The highest BCUT2D eigenvalue weighted by Crippen LogP contribution is 2.22. The van der Waals surface area contributed by atoms with E-state index in [4.69, 9.17) is 4.74 Å². The first-order valence-electron chi connectivity index (χ1n) is 8.53. The summed E-state index contributed by atoms with van der Waals surface area (Å²) in [6, 6.07) is 19.8. The van der Waals surface area contributed by atoms with E-state index in [0.717, 1.165) is 24.9 Å². The molecule has 0 radical (unpaired) electrons. The Morgan fingerprint density at radius 3 is 2.46 bits per heavy atom. The van der Waals surface area contributed by atoms with E-state index in [1.165, 1.54) is 0 Å². The quantitative estimate of drug-likeness (QED) is 0.889. The molecular formula is C20H24N2O2. The van der Waals surface area contributed by atoms with Crippen molar-refractivity contribution in [3.05, 3.63) is 66.2 Å². The van der Waals surface area contributed by atoms with E-state index in [-0.39, 0.29) is 11.9 Å². The standard InChI is InChI=1S/C20H24N2O2/c1-15-14-17(12-13-21-15)22-20(23)19(16-8-4-2-5-9-16)24-18-10-6-3-7-11-18/h2-11,15,17,19,21H,12-14H2,1H3,(H,22,23). The molecule has 1 heterocycles. The topological polar surface area (TPSA) is 50.4 Å². The Kier molecular flexibility index (Phi) is 5.49. The predicted molar refractivity (Wildman–Crippen MR) is 94.9 cm³/mol. The first-order chi connectivity index (χ1) is 11.7. The lowest BCUT2D eigenvalue weighted by Gasteiger charge is -2.30. The summed E-state index contributed by atoms with van der Waals surface area (Å²) in [5, 5.41) is 6.57. The minimum absolute atomic E-state index is 0.0795. The lowest BCUT2D eigenvalue weighted by atomic mass is 10.00. The predicted octanol–water partition coefficient (Wildman–Crippen LogP) is 3.06. The fourth-order valence-electron chi connectivity index (χ4n) is 3.08. The van der Waals surface area contributed by atoms with Gasteiger partial charge < -0.3 is 15.4 Å². The zero-order chi connectivity index (χ0) is 16.8. The molecule has 126 valence electrons. The van der Waals surface area contributed by atoms with Crippen molar-refractivity contribution < 1.29 is 9.53 Å². The van der Waals surface area contributed by atoms with Crippen LogP contribution in [-0.2, 0) is 4.79 Å². The molecule has 0 saturated carbocycles. The van der Waals surface area contributed by atoms with E-state index >= 15 is 0 Å². The van der Waals surface area contributed by atoms with Crippen LogP contribution in [0.5, 0.6) is 5.75 Å². The molecule has 3 atom stereocenters. The van der Waals surface area contributed by atoms with Crippen LogP contribution in [0.3, 0.4) is 0 Å². The number of benzene rings is 2. The zero-order valence-electron chi connectivity index (χ0n) is 13.9. The summed E-state index contributed by atoms with van der Waals surface area (Å²) >= 11 is 0. The average molecular weight is 324 g/mol. The van der Waals surface area contributed by atoms with Crippen molar-refractivity contribution in [3.63, 3.8) is 0 Å². The van der Waals surface area contributed by atoms with Crippen molar-refractivity contribution in [2.75, 3.05) is 6.54 Å². The average Bonchev–Trinajstić information content (AvgIpc) is 2.61. The van der Waals surface area contributed by atoms with Crippen LogP contribution < -0.4 is 15.4 Å². The van der Waals surface area contributed by atoms with Crippen molar-refractivity contribution in [1.82, 2.24) is 10.6 Å². The van der Waals surface area contributed by atoms with Gasteiger partial charge in [-0.25, -0.2) is 0 Å². The smallest absolute Gasteiger partial charge is 0.266 e. The molecule has 0 spiro atoms. The number of carbonyl (C=O) groups excluding carboxylic acids is 1. The van der Waals surface area contributed by atoms with Crippen molar-refractivity contribution in [1.29, 1.82) is 0 Å². The first kappa shape index (κ1) is 16.5. The largest absolute Gasteiger partial charge is 0.476 e. The number of para-hydroxylation sites is 1. The Morgan fingerprint density at radius 2 is 1.79 bits per heavy atom. The molecule has 24 heavy (non-hydrogen) atoms. The third-order valence-corrected chi connectivity index (χ3v) is 4.31. The molecule has 1 aliphatic rings. The minimum Gasteiger partial charge on any atom is -0.476 e. The second-order valence-electron chi connectivity index (χ2n) is 6.31. The second-order valence-corrected chi connectivity index (χ2v) is 6.31. The van der Waals surface area contributed by atoms with E-state index in [1.54, 1.807) is 0 Å². The van der Waals surface area contributed by atoms with Crippen LogP contribution in [-0.4, -0.2) is 24.5 Å². The fraction of sp³-hybridized carbons (Fsp3) is 0.350. The van der Waals surface area contributed by atoms with Gasteiger partial charge in [-0.3, -0.25) is 4.79 Å². The van der Waals surface area contributed by atoms with E-state index in [2.05, 4.69) is 17.6 Å². The number of amides is 1. The van der Waals surface area contributed by atoms with Crippen molar-refractivity contribution in [2.45, 2.75) is 38.0 Å². The summed E-state index contributed by atoms with van der Waals surface area (Å²) in [6.45, 7) is 3.08. The monoisotopic (exact) mass is 324 g/mol. The van der Waals surface area contributed by atoms with Gasteiger partial charge in [0.15, 0.2) is 0 Å². The minimum atomic E-state index is -0.640.